The Morgan fingerprint density at radius 1 is 1.33 bits per heavy atom. The zero-order valence-corrected chi connectivity index (χ0v) is 12.0. The van der Waals surface area contributed by atoms with Gasteiger partial charge < -0.3 is 9.47 Å². The van der Waals surface area contributed by atoms with Crippen LogP contribution in [0, 0.1) is 0 Å². The number of ketones is 1. The number of carbonyl (C=O) groups excluding carboxylic acids is 3. The minimum Gasteiger partial charge on any atom is -0.479 e. The number of nitrogens with zero attached hydrogens (tertiary/aromatic N) is 1. The molecule has 112 valence electrons. The highest BCUT2D eigenvalue weighted by Gasteiger charge is 2.32. The number of ether oxygens (including phenoxy) is 2. The molecule has 0 radical (unpaired) electrons. The van der Waals surface area contributed by atoms with Crippen molar-refractivity contribution in [2.75, 3.05) is 18.1 Å². The average Bonchev–Trinajstić information content (AvgIpc) is 2.44. The number of benzene rings is 1. The van der Waals surface area contributed by atoms with Crippen molar-refractivity contribution in [1.82, 2.24) is 0 Å². The van der Waals surface area contributed by atoms with E-state index in [-0.39, 0.29) is 31.3 Å². The number of amides is 1. The number of para-hydroxylation sites is 2. The summed E-state index contributed by atoms with van der Waals surface area (Å²) in [6.07, 6.45) is -0.995. The molecule has 1 heterocycles. The fraction of sp³-hybridized carbons (Fsp3) is 0.400. The molecule has 21 heavy (non-hydrogen) atoms. The van der Waals surface area contributed by atoms with Crippen LogP contribution in [0.3, 0.4) is 0 Å². The molecule has 2 rings (SSSR count). The van der Waals surface area contributed by atoms with E-state index in [4.69, 9.17) is 9.47 Å². The monoisotopic (exact) mass is 291 g/mol. The van der Waals surface area contributed by atoms with Gasteiger partial charge >= 0.3 is 5.97 Å². The Morgan fingerprint density at radius 2 is 2.05 bits per heavy atom. The van der Waals surface area contributed by atoms with Gasteiger partial charge in [0.15, 0.2) is 11.9 Å². The first-order valence-electron chi connectivity index (χ1n) is 6.77. The highest BCUT2D eigenvalue weighted by molar-refractivity contribution is 6.06. The Balaban J connectivity index is 2.13. The Kier molecular flexibility index (Phi) is 4.57. The Hall–Kier alpha value is -2.37. The lowest BCUT2D eigenvalue weighted by molar-refractivity contribution is -0.145. The Morgan fingerprint density at radius 3 is 2.76 bits per heavy atom. The molecule has 0 saturated carbocycles. The zero-order chi connectivity index (χ0) is 15.4. The predicted molar refractivity (Wildman–Crippen MR) is 75.1 cm³/mol. The second-order valence-electron chi connectivity index (χ2n) is 4.67. The van der Waals surface area contributed by atoms with Crippen LogP contribution in [-0.4, -0.2) is 36.9 Å². The van der Waals surface area contributed by atoms with E-state index in [1.165, 1.54) is 4.90 Å². The van der Waals surface area contributed by atoms with Gasteiger partial charge in [-0.2, -0.15) is 0 Å². The fourth-order valence-electron chi connectivity index (χ4n) is 2.13. The molecule has 1 aliphatic rings. The lowest BCUT2D eigenvalue weighted by atomic mass is 10.1. The second-order valence-corrected chi connectivity index (χ2v) is 4.67. The summed E-state index contributed by atoms with van der Waals surface area (Å²) in [6, 6.07) is 6.99. The van der Waals surface area contributed by atoms with Crippen molar-refractivity contribution in [2.24, 2.45) is 0 Å². The van der Waals surface area contributed by atoms with Crippen LogP contribution in [0.2, 0.25) is 0 Å². The molecule has 0 N–H and O–H groups in total. The standard InChI is InChI=1S/C15H17NO5/c1-3-20-14(18)8-11(17)9-16-12-6-4-5-7-13(12)21-10(2)15(16)19/h4-7,10H,3,8-9H2,1-2H3. The summed E-state index contributed by atoms with van der Waals surface area (Å²) in [4.78, 5) is 36.8. The van der Waals surface area contributed by atoms with Crippen LogP contribution < -0.4 is 9.64 Å². The molecule has 1 aromatic carbocycles. The maximum absolute atomic E-state index is 12.2. The lowest BCUT2D eigenvalue weighted by Crippen LogP contribution is -2.46. The van der Waals surface area contributed by atoms with Crippen LogP contribution in [0.15, 0.2) is 24.3 Å². The topological polar surface area (TPSA) is 72.9 Å². The molecule has 0 fully saturated rings. The van der Waals surface area contributed by atoms with E-state index < -0.39 is 12.1 Å². The zero-order valence-electron chi connectivity index (χ0n) is 12.0. The molecule has 6 nitrogen and oxygen atoms in total. The summed E-state index contributed by atoms with van der Waals surface area (Å²) in [5.74, 6) is -0.699. The molecule has 0 saturated heterocycles. The van der Waals surface area contributed by atoms with Gasteiger partial charge in [-0.15, -0.1) is 0 Å². The molecule has 6 heteroatoms. The number of anilines is 1. The summed E-state index contributed by atoms with van der Waals surface area (Å²) in [5.41, 5.74) is 0.540. The largest absolute Gasteiger partial charge is 0.479 e. The van der Waals surface area contributed by atoms with E-state index in [1.807, 2.05) is 0 Å². The first kappa shape index (κ1) is 15.0. The summed E-state index contributed by atoms with van der Waals surface area (Å²) in [5, 5.41) is 0. The molecule has 0 aromatic heterocycles. The smallest absolute Gasteiger partial charge is 0.313 e. The third-order valence-corrected chi connectivity index (χ3v) is 3.05. The minimum absolute atomic E-state index is 0.164. The van der Waals surface area contributed by atoms with Crippen LogP contribution in [0.1, 0.15) is 20.3 Å². The SMILES string of the molecule is CCOC(=O)CC(=O)CN1C(=O)C(C)Oc2ccccc21. The van der Waals surface area contributed by atoms with Crippen molar-refractivity contribution in [3.8, 4) is 5.75 Å². The molecule has 0 bridgehead atoms. The predicted octanol–water partition coefficient (Wildman–Crippen LogP) is 1.32. The van der Waals surface area contributed by atoms with Gasteiger partial charge in [-0.3, -0.25) is 19.3 Å². The van der Waals surface area contributed by atoms with E-state index in [9.17, 15) is 14.4 Å². The Labute approximate surface area is 122 Å². The van der Waals surface area contributed by atoms with Crippen LogP contribution >= 0.6 is 0 Å². The van der Waals surface area contributed by atoms with Crippen molar-refractivity contribution in [3.63, 3.8) is 0 Å². The number of hydrogen-bond donors (Lipinski definition) is 0. The molecule has 1 amide bonds. The number of hydrogen-bond acceptors (Lipinski definition) is 5. The minimum atomic E-state index is -0.657. The normalized spacial score (nSPS) is 17.0. The van der Waals surface area contributed by atoms with E-state index in [2.05, 4.69) is 0 Å². The van der Waals surface area contributed by atoms with Gasteiger partial charge in [-0.1, -0.05) is 12.1 Å². The van der Waals surface area contributed by atoms with Gasteiger partial charge in [-0.05, 0) is 26.0 Å². The van der Waals surface area contributed by atoms with E-state index in [1.54, 1.807) is 38.1 Å². The number of esters is 1. The summed E-state index contributed by atoms with van der Waals surface area (Å²) < 4.78 is 10.2. The highest BCUT2D eigenvalue weighted by Crippen LogP contribution is 2.33. The van der Waals surface area contributed by atoms with Gasteiger partial charge in [0.05, 0.1) is 18.8 Å². The highest BCUT2D eigenvalue weighted by atomic mass is 16.5. The lowest BCUT2D eigenvalue weighted by Gasteiger charge is -2.32. The van der Waals surface area contributed by atoms with Crippen molar-refractivity contribution in [1.29, 1.82) is 0 Å². The summed E-state index contributed by atoms with van der Waals surface area (Å²) in [6.45, 7) is 3.36. The van der Waals surface area contributed by atoms with Crippen LogP contribution in [0.25, 0.3) is 0 Å². The van der Waals surface area contributed by atoms with Gasteiger partial charge in [0.2, 0.25) is 0 Å². The third-order valence-electron chi connectivity index (χ3n) is 3.05. The van der Waals surface area contributed by atoms with Gasteiger partial charge in [0.1, 0.15) is 12.2 Å². The number of rotatable bonds is 5. The maximum atomic E-state index is 12.2. The van der Waals surface area contributed by atoms with Crippen molar-refractivity contribution >= 4 is 23.3 Å². The van der Waals surface area contributed by atoms with E-state index in [0.717, 1.165) is 0 Å². The molecular formula is C15H17NO5. The average molecular weight is 291 g/mol. The Bertz CT molecular complexity index is 569. The molecule has 0 spiro atoms. The van der Waals surface area contributed by atoms with Crippen LogP contribution in [0.5, 0.6) is 5.75 Å². The van der Waals surface area contributed by atoms with Gasteiger partial charge in [-0.25, -0.2) is 0 Å². The molecule has 1 aromatic rings. The van der Waals surface area contributed by atoms with E-state index in [0.29, 0.717) is 11.4 Å². The summed E-state index contributed by atoms with van der Waals surface area (Å²) in [7, 11) is 0. The molecule has 1 unspecified atom stereocenters. The van der Waals surface area contributed by atoms with Gasteiger partial charge in [0, 0.05) is 0 Å². The number of Topliss-reactive ketones (excluding diaryl/α,β-unsaturated/α-hetero) is 1. The second kappa shape index (κ2) is 6.39. The molecular weight excluding hydrogens is 274 g/mol. The fourth-order valence-corrected chi connectivity index (χ4v) is 2.13. The third kappa shape index (κ3) is 3.39. The van der Waals surface area contributed by atoms with Crippen molar-refractivity contribution in [3.05, 3.63) is 24.3 Å². The van der Waals surface area contributed by atoms with E-state index >= 15 is 0 Å². The summed E-state index contributed by atoms with van der Waals surface area (Å²) >= 11 is 0. The van der Waals surface area contributed by atoms with Crippen molar-refractivity contribution < 1.29 is 23.9 Å². The molecule has 1 atom stereocenters. The van der Waals surface area contributed by atoms with Crippen LogP contribution in [0.4, 0.5) is 5.69 Å². The quantitative estimate of drug-likeness (QED) is 0.604. The van der Waals surface area contributed by atoms with Crippen molar-refractivity contribution in [2.45, 2.75) is 26.4 Å². The first-order valence-corrected chi connectivity index (χ1v) is 6.77. The molecule has 0 aliphatic carbocycles. The van der Waals surface area contributed by atoms with Gasteiger partial charge in [0.25, 0.3) is 5.91 Å². The number of fused-ring (bicyclic) bond motifs is 1. The molecule has 1 aliphatic heterocycles. The first-order chi connectivity index (χ1) is 10.0. The maximum Gasteiger partial charge on any atom is 0.313 e. The number of carbonyl (C=O) groups is 3. The van der Waals surface area contributed by atoms with Crippen LogP contribution in [-0.2, 0) is 19.1 Å².